The molecule has 2 amide bonds. The fourth-order valence-electron chi connectivity index (χ4n) is 4.24. The van der Waals surface area contributed by atoms with Crippen molar-refractivity contribution in [2.24, 2.45) is 5.73 Å². The molecule has 1 aliphatic rings. The smallest absolute Gasteiger partial charge is 0.259 e. The number of nitrogens with zero attached hydrogens (tertiary/aromatic N) is 3. The van der Waals surface area contributed by atoms with Crippen LogP contribution in [0, 0.1) is 0 Å². The standard InChI is InChI=1S/C23H26N4O3/c1-3-17-20(19(4-2)30-26-17)23(29)27-11-9-14(10-12-27)21-16(22(24)28)13-15-7-5-6-8-18(15)25-21/h5-8,13-14H,3-4,9-12H2,1-2H3,(H2,24,28). The van der Waals surface area contributed by atoms with Crippen LogP contribution in [0.1, 0.15) is 70.5 Å². The van der Waals surface area contributed by atoms with Crippen LogP contribution in [-0.4, -0.2) is 39.9 Å². The summed E-state index contributed by atoms with van der Waals surface area (Å²) in [5.74, 6) is 0.238. The molecule has 2 N–H and O–H groups in total. The van der Waals surface area contributed by atoms with E-state index in [1.807, 2.05) is 49.1 Å². The number of aromatic nitrogens is 2. The third kappa shape index (κ3) is 3.56. The van der Waals surface area contributed by atoms with Crippen molar-refractivity contribution in [3.63, 3.8) is 0 Å². The molecule has 0 bridgehead atoms. The molecule has 0 aliphatic carbocycles. The first-order chi connectivity index (χ1) is 14.5. The Labute approximate surface area is 175 Å². The summed E-state index contributed by atoms with van der Waals surface area (Å²) in [6, 6.07) is 9.54. The average Bonchev–Trinajstić information content (AvgIpc) is 3.21. The van der Waals surface area contributed by atoms with Crippen LogP contribution in [0.15, 0.2) is 34.9 Å². The molecule has 0 atom stereocenters. The molecule has 1 aliphatic heterocycles. The van der Waals surface area contributed by atoms with Crippen LogP contribution < -0.4 is 5.73 Å². The van der Waals surface area contributed by atoms with Gasteiger partial charge in [0.25, 0.3) is 11.8 Å². The quantitative estimate of drug-likeness (QED) is 0.699. The number of amides is 2. The first kappa shape index (κ1) is 20.1. The number of carbonyl (C=O) groups excluding carboxylic acids is 2. The average molecular weight is 406 g/mol. The Morgan fingerprint density at radius 1 is 1.17 bits per heavy atom. The number of likely N-dealkylation sites (tertiary alicyclic amines) is 1. The van der Waals surface area contributed by atoms with Crippen LogP contribution in [0.2, 0.25) is 0 Å². The lowest BCUT2D eigenvalue weighted by Gasteiger charge is -2.32. The SMILES string of the molecule is CCc1noc(CC)c1C(=O)N1CCC(c2nc3ccccc3cc2C(N)=O)CC1. The maximum Gasteiger partial charge on any atom is 0.259 e. The van der Waals surface area contributed by atoms with Gasteiger partial charge in [-0.15, -0.1) is 0 Å². The van der Waals surface area contributed by atoms with E-state index in [0.717, 1.165) is 29.4 Å². The second kappa shape index (κ2) is 8.26. The zero-order chi connectivity index (χ0) is 21.3. The number of primary amides is 1. The summed E-state index contributed by atoms with van der Waals surface area (Å²) in [4.78, 5) is 31.8. The van der Waals surface area contributed by atoms with Crippen molar-refractivity contribution in [1.82, 2.24) is 15.0 Å². The number of fused-ring (bicyclic) bond motifs is 1. The molecule has 156 valence electrons. The van der Waals surface area contributed by atoms with Gasteiger partial charge in [0, 0.05) is 30.8 Å². The van der Waals surface area contributed by atoms with Crippen LogP contribution in [0.3, 0.4) is 0 Å². The molecule has 3 heterocycles. The molecular formula is C23H26N4O3. The van der Waals surface area contributed by atoms with E-state index in [1.165, 1.54) is 0 Å². The van der Waals surface area contributed by atoms with Crippen LogP contribution >= 0.6 is 0 Å². The van der Waals surface area contributed by atoms with Gasteiger partial charge < -0.3 is 15.2 Å². The fourth-order valence-corrected chi connectivity index (χ4v) is 4.24. The Bertz CT molecular complexity index is 1080. The first-order valence-electron chi connectivity index (χ1n) is 10.5. The monoisotopic (exact) mass is 406 g/mol. The van der Waals surface area contributed by atoms with Gasteiger partial charge in [-0.05, 0) is 31.4 Å². The number of benzene rings is 1. The van der Waals surface area contributed by atoms with Crippen LogP contribution in [-0.2, 0) is 12.8 Å². The van der Waals surface area contributed by atoms with Crippen molar-refractivity contribution >= 4 is 22.7 Å². The Balaban J connectivity index is 1.57. The Hall–Kier alpha value is -3.22. The minimum Gasteiger partial charge on any atom is -0.366 e. The highest BCUT2D eigenvalue weighted by atomic mass is 16.5. The molecule has 0 unspecified atom stereocenters. The van der Waals surface area contributed by atoms with Gasteiger partial charge in [-0.1, -0.05) is 37.2 Å². The van der Waals surface area contributed by atoms with Crippen LogP contribution in [0.5, 0.6) is 0 Å². The van der Waals surface area contributed by atoms with Crippen molar-refractivity contribution in [2.45, 2.75) is 45.4 Å². The summed E-state index contributed by atoms with van der Waals surface area (Å²) in [6.45, 7) is 5.11. The molecule has 7 heteroatoms. The van der Waals surface area contributed by atoms with E-state index < -0.39 is 5.91 Å². The molecule has 2 aromatic heterocycles. The number of aryl methyl sites for hydroxylation is 2. The summed E-state index contributed by atoms with van der Waals surface area (Å²) in [5.41, 5.74) is 9.04. The maximum absolute atomic E-state index is 13.1. The number of para-hydroxylation sites is 1. The third-order valence-electron chi connectivity index (χ3n) is 5.89. The van der Waals surface area contributed by atoms with E-state index in [-0.39, 0.29) is 11.8 Å². The van der Waals surface area contributed by atoms with E-state index in [4.69, 9.17) is 15.2 Å². The highest BCUT2D eigenvalue weighted by Crippen LogP contribution is 2.32. The number of carbonyl (C=O) groups is 2. The van der Waals surface area contributed by atoms with E-state index in [0.29, 0.717) is 48.5 Å². The van der Waals surface area contributed by atoms with Gasteiger partial charge >= 0.3 is 0 Å². The van der Waals surface area contributed by atoms with Gasteiger partial charge in [-0.2, -0.15) is 0 Å². The van der Waals surface area contributed by atoms with Crippen molar-refractivity contribution < 1.29 is 14.1 Å². The minimum atomic E-state index is -0.466. The Morgan fingerprint density at radius 2 is 1.90 bits per heavy atom. The second-order valence-electron chi connectivity index (χ2n) is 7.68. The summed E-state index contributed by atoms with van der Waals surface area (Å²) in [7, 11) is 0. The molecule has 1 aromatic carbocycles. The van der Waals surface area contributed by atoms with Gasteiger partial charge in [-0.3, -0.25) is 14.6 Å². The lowest BCUT2D eigenvalue weighted by atomic mass is 9.89. The van der Waals surface area contributed by atoms with Crippen LogP contribution in [0.25, 0.3) is 10.9 Å². The first-order valence-corrected chi connectivity index (χ1v) is 10.5. The molecule has 4 rings (SSSR count). The van der Waals surface area contributed by atoms with E-state index >= 15 is 0 Å². The normalized spacial score (nSPS) is 14.9. The Morgan fingerprint density at radius 3 is 2.57 bits per heavy atom. The third-order valence-corrected chi connectivity index (χ3v) is 5.89. The molecule has 3 aromatic rings. The molecule has 7 nitrogen and oxygen atoms in total. The predicted molar refractivity (Wildman–Crippen MR) is 113 cm³/mol. The maximum atomic E-state index is 13.1. The number of piperidine rings is 1. The summed E-state index contributed by atoms with van der Waals surface area (Å²) < 4.78 is 5.36. The summed E-state index contributed by atoms with van der Waals surface area (Å²) >= 11 is 0. The zero-order valence-corrected chi connectivity index (χ0v) is 17.4. The molecular weight excluding hydrogens is 380 g/mol. The Kier molecular flexibility index (Phi) is 5.53. The fraction of sp³-hybridized carbons (Fsp3) is 0.391. The van der Waals surface area contributed by atoms with E-state index in [2.05, 4.69) is 5.16 Å². The molecule has 30 heavy (non-hydrogen) atoms. The van der Waals surface area contributed by atoms with Crippen molar-refractivity contribution in [3.05, 3.63) is 58.6 Å². The van der Waals surface area contributed by atoms with Crippen molar-refractivity contribution in [3.8, 4) is 0 Å². The molecule has 1 saturated heterocycles. The number of hydrogen-bond donors (Lipinski definition) is 1. The number of hydrogen-bond acceptors (Lipinski definition) is 5. The van der Waals surface area contributed by atoms with Gasteiger partial charge in [-0.25, -0.2) is 0 Å². The van der Waals surface area contributed by atoms with Gasteiger partial charge in [0.15, 0.2) is 0 Å². The second-order valence-corrected chi connectivity index (χ2v) is 7.68. The van der Waals surface area contributed by atoms with Crippen molar-refractivity contribution in [1.29, 1.82) is 0 Å². The van der Waals surface area contributed by atoms with Gasteiger partial charge in [0.05, 0.1) is 22.5 Å². The lowest BCUT2D eigenvalue weighted by Crippen LogP contribution is -2.39. The highest BCUT2D eigenvalue weighted by Gasteiger charge is 2.31. The molecule has 0 spiro atoms. The van der Waals surface area contributed by atoms with E-state index in [9.17, 15) is 9.59 Å². The largest absolute Gasteiger partial charge is 0.366 e. The van der Waals surface area contributed by atoms with Crippen LogP contribution in [0.4, 0.5) is 0 Å². The number of rotatable bonds is 5. The molecule has 0 radical (unpaired) electrons. The molecule has 1 fully saturated rings. The van der Waals surface area contributed by atoms with Gasteiger partial charge in [0.2, 0.25) is 0 Å². The van der Waals surface area contributed by atoms with Crippen molar-refractivity contribution in [2.75, 3.05) is 13.1 Å². The summed E-state index contributed by atoms with van der Waals surface area (Å²) in [6.07, 6.45) is 2.74. The molecule has 0 saturated carbocycles. The topological polar surface area (TPSA) is 102 Å². The predicted octanol–water partition coefficient (Wildman–Crippen LogP) is 3.47. The van der Waals surface area contributed by atoms with Gasteiger partial charge in [0.1, 0.15) is 11.3 Å². The number of nitrogens with two attached hydrogens (primary N) is 1. The highest BCUT2D eigenvalue weighted by molar-refractivity contribution is 5.98. The number of pyridine rings is 1. The minimum absolute atomic E-state index is 0.0232. The van der Waals surface area contributed by atoms with E-state index in [1.54, 1.807) is 0 Å². The zero-order valence-electron chi connectivity index (χ0n) is 17.4. The summed E-state index contributed by atoms with van der Waals surface area (Å²) in [5, 5.41) is 4.96. The lowest BCUT2D eigenvalue weighted by molar-refractivity contribution is 0.0707.